The van der Waals surface area contributed by atoms with Crippen LogP contribution >= 0.6 is 11.3 Å². The summed E-state index contributed by atoms with van der Waals surface area (Å²) in [7, 11) is 0. The highest BCUT2D eigenvalue weighted by Crippen LogP contribution is 2.08. The summed E-state index contributed by atoms with van der Waals surface area (Å²) in [6.07, 6.45) is 0.908. The standard InChI is InChI=1S/C12H20N2OS/c1-4-14-12(2,3)11(15)13-8-7-10-6-5-9-16-10/h5-6,9,14H,4,7-8H2,1-3H3,(H,13,15). The van der Waals surface area contributed by atoms with Gasteiger partial charge in [0, 0.05) is 11.4 Å². The van der Waals surface area contributed by atoms with E-state index in [1.807, 2.05) is 26.8 Å². The molecule has 3 nitrogen and oxygen atoms in total. The molecule has 0 aliphatic rings. The third kappa shape index (κ3) is 3.94. The second-order valence-electron chi connectivity index (χ2n) is 4.24. The van der Waals surface area contributed by atoms with Crippen LogP contribution in [0.4, 0.5) is 0 Å². The summed E-state index contributed by atoms with van der Waals surface area (Å²) >= 11 is 1.73. The molecule has 1 amide bonds. The van der Waals surface area contributed by atoms with Crippen molar-refractivity contribution in [2.75, 3.05) is 13.1 Å². The molecule has 0 aliphatic heterocycles. The van der Waals surface area contributed by atoms with Gasteiger partial charge in [-0.3, -0.25) is 4.79 Å². The summed E-state index contributed by atoms with van der Waals surface area (Å²) in [4.78, 5) is 13.1. The van der Waals surface area contributed by atoms with E-state index in [0.717, 1.165) is 13.0 Å². The molecule has 1 heterocycles. The van der Waals surface area contributed by atoms with E-state index in [1.165, 1.54) is 4.88 Å². The monoisotopic (exact) mass is 240 g/mol. The number of carbonyl (C=O) groups excluding carboxylic acids is 1. The van der Waals surface area contributed by atoms with Crippen molar-refractivity contribution >= 4 is 17.2 Å². The Morgan fingerprint density at radius 2 is 2.25 bits per heavy atom. The van der Waals surface area contributed by atoms with Crippen LogP contribution in [0.2, 0.25) is 0 Å². The lowest BCUT2D eigenvalue weighted by molar-refractivity contribution is -0.126. The first-order valence-electron chi connectivity index (χ1n) is 5.62. The Morgan fingerprint density at radius 3 is 2.81 bits per heavy atom. The van der Waals surface area contributed by atoms with E-state index in [2.05, 4.69) is 22.1 Å². The van der Waals surface area contributed by atoms with Crippen LogP contribution in [0, 0.1) is 0 Å². The average molecular weight is 240 g/mol. The van der Waals surface area contributed by atoms with Gasteiger partial charge in [-0.05, 0) is 38.3 Å². The van der Waals surface area contributed by atoms with Gasteiger partial charge in [-0.1, -0.05) is 13.0 Å². The van der Waals surface area contributed by atoms with Crippen LogP contribution in [-0.2, 0) is 11.2 Å². The third-order valence-corrected chi connectivity index (χ3v) is 3.36. The highest BCUT2D eigenvalue weighted by Gasteiger charge is 2.25. The van der Waals surface area contributed by atoms with Gasteiger partial charge in [-0.15, -0.1) is 11.3 Å². The van der Waals surface area contributed by atoms with Crippen molar-refractivity contribution in [3.63, 3.8) is 0 Å². The van der Waals surface area contributed by atoms with Gasteiger partial charge in [-0.2, -0.15) is 0 Å². The molecule has 0 bridgehead atoms. The molecule has 0 saturated heterocycles. The van der Waals surface area contributed by atoms with Gasteiger partial charge in [-0.25, -0.2) is 0 Å². The summed E-state index contributed by atoms with van der Waals surface area (Å²) in [6.45, 7) is 7.30. The third-order valence-electron chi connectivity index (χ3n) is 2.42. The summed E-state index contributed by atoms with van der Waals surface area (Å²) in [6, 6.07) is 4.12. The van der Waals surface area contributed by atoms with Crippen LogP contribution in [0.1, 0.15) is 25.6 Å². The van der Waals surface area contributed by atoms with Crippen LogP contribution in [-0.4, -0.2) is 24.5 Å². The van der Waals surface area contributed by atoms with Crippen molar-refractivity contribution in [1.82, 2.24) is 10.6 Å². The number of amides is 1. The van der Waals surface area contributed by atoms with E-state index >= 15 is 0 Å². The first-order valence-corrected chi connectivity index (χ1v) is 6.50. The number of rotatable bonds is 6. The predicted octanol–water partition coefficient (Wildman–Crippen LogP) is 1.79. The zero-order valence-electron chi connectivity index (χ0n) is 10.2. The maximum atomic E-state index is 11.8. The lowest BCUT2D eigenvalue weighted by Gasteiger charge is -2.24. The number of likely N-dealkylation sites (N-methyl/N-ethyl adjacent to an activating group) is 1. The molecule has 16 heavy (non-hydrogen) atoms. The van der Waals surface area contributed by atoms with E-state index in [9.17, 15) is 4.79 Å². The van der Waals surface area contributed by atoms with Crippen LogP contribution in [0.15, 0.2) is 17.5 Å². The zero-order valence-corrected chi connectivity index (χ0v) is 11.0. The summed E-state index contributed by atoms with van der Waals surface area (Å²) < 4.78 is 0. The Morgan fingerprint density at radius 1 is 1.50 bits per heavy atom. The molecule has 4 heteroatoms. The predicted molar refractivity (Wildman–Crippen MR) is 68.8 cm³/mol. The molecule has 0 fully saturated rings. The number of carbonyl (C=O) groups is 1. The molecule has 0 unspecified atom stereocenters. The second-order valence-corrected chi connectivity index (χ2v) is 5.27. The van der Waals surface area contributed by atoms with Crippen LogP contribution in [0.5, 0.6) is 0 Å². The minimum Gasteiger partial charge on any atom is -0.354 e. The van der Waals surface area contributed by atoms with Crippen molar-refractivity contribution in [1.29, 1.82) is 0 Å². The quantitative estimate of drug-likeness (QED) is 0.796. The van der Waals surface area contributed by atoms with E-state index in [4.69, 9.17) is 0 Å². The maximum absolute atomic E-state index is 11.8. The molecule has 2 N–H and O–H groups in total. The van der Waals surface area contributed by atoms with E-state index < -0.39 is 5.54 Å². The summed E-state index contributed by atoms with van der Waals surface area (Å²) in [5.74, 6) is 0.0610. The minimum atomic E-state index is -0.482. The van der Waals surface area contributed by atoms with Gasteiger partial charge in [0.1, 0.15) is 0 Å². The van der Waals surface area contributed by atoms with Crippen LogP contribution < -0.4 is 10.6 Å². The SMILES string of the molecule is CCNC(C)(C)C(=O)NCCc1cccs1. The molecular formula is C12H20N2OS. The van der Waals surface area contributed by atoms with Crippen molar-refractivity contribution in [3.05, 3.63) is 22.4 Å². The summed E-state index contributed by atoms with van der Waals surface area (Å²) in [5.41, 5.74) is -0.482. The van der Waals surface area contributed by atoms with Crippen molar-refractivity contribution in [3.8, 4) is 0 Å². The molecular weight excluding hydrogens is 220 g/mol. The topological polar surface area (TPSA) is 41.1 Å². The lowest BCUT2D eigenvalue weighted by atomic mass is 10.0. The molecule has 0 atom stereocenters. The fourth-order valence-corrected chi connectivity index (χ4v) is 2.21. The highest BCUT2D eigenvalue weighted by molar-refractivity contribution is 7.09. The van der Waals surface area contributed by atoms with E-state index in [-0.39, 0.29) is 5.91 Å². The van der Waals surface area contributed by atoms with Crippen molar-refractivity contribution < 1.29 is 4.79 Å². The van der Waals surface area contributed by atoms with Gasteiger partial charge in [0.25, 0.3) is 0 Å². The van der Waals surface area contributed by atoms with Gasteiger partial charge in [0.15, 0.2) is 0 Å². The molecule has 0 radical (unpaired) electrons. The van der Waals surface area contributed by atoms with E-state index in [0.29, 0.717) is 6.54 Å². The minimum absolute atomic E-state index is 0.0610. The number of hydrogen-bond donors (Lipinski definition) is 2. The van der Waals surface area contributed by atoms with Crippen LogP contribution in [0.3, 0.4) is 0 Å². The molecule has 1 rings (SSSR count). The first-order chi connectivity index (χ1) is 7.56. The fourth-order valence-electron chi connectivity index (χ4n) is 1.50. The highest BCUT2D eigenvalue weighted by atomic mass is 32.1. The normalized spacial score (nSPS) is 11.4. The molecule has 0 spiro atoms. The van der Waals surface area contributed by atoms with Crippen molar-refractivity contribution in [2.24, 2.45) is 0 Å². The Balaban J connectivity index is 2.30. The van der Waals surface area contributed by atoms with Crippen molar-refractivity contribution in [2.45, 2.75) is 32.7 Å². The van der Waals surface area contributed by atoms with Gasteiger partial charge < -0.3 is 10.6 Å². The Bertz CT molecular complexity index is 320. The first kappa shape index (κ1) is 13.2. The Labute approximate surface area is 101 Å². The maximum Gasteiger partial charge on any atom is 0.239 e. The molecule has 0 aliphatic carbocycles. The van der Waals surface area contributed by atoms with Crippen LogP contribution in [0.25, 0.3) is 0 Å². The molecule has 0 aromatic carbocycles. The molecule has 90 valence electrons. The molecule has 1 aromatic heterocycles. The van der Waals surface area contributed by atoms with Gasteiger partial charge in [0.05, 0.1) is 5.54 Å². The average Bonchev–Trinajstić information content (AvgIpc) is 2.70. The fraction of sp³-hybridized carbons (Fsp3) is 0.583. The van der Waals surface area contributed by atoms with E-state index in [1.54, 1.807) is 11.3 Å². The smallest absolute Gasteiger partial charge is 0.239 e. The number of thiophene rings is 1. The Kier molecular flexibility index (Phi) is 4.96. The number of hydrogen-bond acceptors (Lipinski definition) is 3. The summed E-state index contributed by atoms with van der Waals surface area (Å²) in [5, 5.41) is 8.16. The largest absolute Gasteiger partial charge is 0.354 e. The molecule has 1 aromatic rings. The number of nitrogens with one attached hydrogen (secondary N) is 2. The lowest BCUT2D eigenvalue weighted by Crippen LogP contribution is -2.52. The second kappa shape index (κ2) is 6.01. The van der Waals surface area contributed by atoms with Gasteiger partial charge in [0.2, 0.25) is 5.91 Å². The van der Waals surface area contributed by atoms with Gasteiger partial charge >= 0.3 is 0 Å². The Hall–Kier alpha value is -0.870. The zero-order chi connectivity index (χ0) is 12.0. The molecule has 0 saturated carbocycles.